The van der Waals surface area contributed by atoms with Gasteiger partial charge in [-0.3, -0.25) is 9.59 Å². The lowest BCUT2D eigenvalue weighted by Gasteiger charge is -2.21. The van der Waals surface area contributed by atoms with Gasteiger partial charge in [0.1, 0.15) is 6.61 Å². The van der Waals surface area contributed by atoms with Crippen molar-refractivity contribution >= 4 is 11.9 Å². The molecule has 0 rings (SSSR count). The lowest BCUT2D eigenvalue weighted by Crippen LogP contribution is -2.28. The number of carboxylic acid groups (broad SMARTS) is 1. The molecule has 0 aliphatic rings. The third-order valence-electron chi connectivity index (χ3n) is 2.10. The van der Waals surface area contributed by atoms with Crippen LogP contribution in [0.15, 0.2) is 0 Å². The van der Waals surface area contributed by atoms with Gasteiger partial charge in [0.15, 0.2) is 0 Å². The van der Waals surface area contributed by atoms with Crippen LogP contribution < -0.4 is 5.73 Å². The van der Waals surface area contributed by atoms with E-state index in [0.717, 1.165) is 0 Å². The summed E-state index contributed by atoms with van der Waals surface area (Å²) < 4.78 is 4.90. The van der Waals surface area contributed by atoms with Crippen LogP contribution in [-0.4, -0.2) is 30.2 Å². The van der Waals surface area contributed by atoms with Gasteiger partial charge in [-0.2, -0.15) is 0 Å². The molecular formula is C10H19NO4. The van der Waals surface area contributed by atoms with Crippen LogP contribution in [0.25, 0.3) is 0 Å². The molecule has 0 saturated carbocycles. The summed E-state index contributed by atoms with van der Waals surface area (Å²) in [5, 5.41) is 8.46. The van der Waals surface area contributed by atoms with Crippen molar-refractivity contribution in [3.8, 4) is 0 Å². The normalized spacial score (nSPS) is 11.1. The predicted octanol–water partition coefficient (Wildman–Crippen LogP) is 0.769. The van der Waals surface area contributed by atoms with Gasteiger partial charge in [-0.15, -0.1) is 0 Å². The number of esters is 1. The summed E-state index contributed by atoms with van der Waals surface area (Å²) in [5.41, 5.74) is 4.57. The number of hydrogen-bond donors (Lipinski definition) is 2. The molecule has 15 heavy (non-hydrogen) atoms. The van der Waals surface area contributed by atoms with E-state index in [2.05, 4.69) is 0 Å². The molecule has 0 heterocycles. The van der Waals surface area contributed by atoms with E-state index in [-0.39, 0.29) is 19.0 Å². The molecule has 0 atom stereocenters. The standard InChI is InChI=1S/C10H19NO4/c1-10(2,5-3-4-8(12)13)9(14)15-7-6-11/h3-7,11H2,1-2H3,(H,12,13). The highest BCUT2D eigenvalue weighted by Gasteiger charge is 2.28. The number of nitrogens with two attached hydrogens (primary N) is 1. The lowest BCUT2D eigenvalue weighted by atomic mass is 9.87. The molecule has 0 fully saturated rings. The Bertz CT molecular complexity index is 225. The Hall–Kier alpha value is -1.10. The van der Waals surface area contributed by atoms with E-state index in [4.69, 9.17) is 15.6 Å². The predicted molar refractivity (Wildman–Crippen MR) is 55.3 cm³/mol. The average Bonchev–Trinajstić information content (AvgIpc) is 2.13. The Morgan fingerprint density at radius 1 is 1.40 bits per heavy atom. The Labute approximate surface area is 89.6 Å². The molecule has 0 bridgehead atoms. The van der Waals surface area contributed by atoms with Crippen molar-refractivity contribution in [1.82, 2.24) is 0 Å². The number of ether oxygens (including phenoxy) is 1. The second kappa shape index (κ2) is 6.40. The fraction of sp³-hybridized carbons (Fsp3) is 0.800. The zero-order valence-corrected chi connectivity index (χ0v) is 9.28. The molecule has 0 saturated heterocycles. The van der Waals surface area contributed by atoms with Crippen LogP contribution in [-0.2, 0) is 14.3 Å². The van der Waals surface area contributed by atoms with Crippen LogP contribution >= 0.6 is 0 Å². The summed E-state index contributed by atoms with van der Waals surface area (Å²) in [5.74, 6) is -1.17. The second-order valence-corrected chi connectivity index (χ2v) is 4.06. The van der Waals surface area contributed by atoms with Crippen LogP contribution in [0.1, 0.15) is 33.1 Å². The number of hydrogen-bond acceptors (Lipinski definition) is 4. The highest BCUT2D eigenvalue weighted by Crippen LogP contribution is 2.24. The minimum absolute atomic E-state index is 0.0770. The molecule has 5 nitrogen and oxygen atoms in total. The molecule has 0 radical (unpaired) electrons. The summed E-state index contributed by atoms with van der Waals surface area (Å²) in [4.78, 5) is 21.8. The van der Waals surface area contributed by atoms with Crippen LogP contribution in [0.3, 0.4) is 0 Å². The third kappa shape index (κ3) is 6.06. The number of aliphatic carboxylic acids is 1. The van der Waals surface area contributed by atoms with Crippen molar-refractivity contribution in [3.05, 3.63) is 0 Å². The molecule has 0 aliphatic heterocycles. The lowest BCUT2D eigenvalue weighted by molar-refractivity contribution is -0.154. The fourth-order valence-corrected chi connectivity index (χ4v) is 1.13. The van der Waals surface area contributed by atoms with Crippen LogP contribution in [0, 0.1) is 5.41 Å². The SMILES string of the molecule is CC(C)(CCCC(=O)O)C(=O)OCCN. The highest BCUT2D eigenvalue weighted by molar-refractivity contribution is 5.76. The first-order valence-corrected chi connectivity index (χ1v) is 4.99. The van der Waals surface area contributed by atoms with Crippen molar-refractivity contribution < 1.29 is 19.4 Å². The summed E-state index contributed by atoms with van der Waals surface area (Å²) >= 11 is 0. The van der Waals surface area contributed by atoms with Gasteiger partial charge < -0.3 is 15.6 Å². The summed E-state index contributed by atoms with van der Waals surface area (Å²) in [6, 6.07) is 0. The zero-order chi connectivity index (χ0) is 11.9. The molecule has 0 aromatic carbocycles. The van der Waals surface area contributed by atoms with E-state index < -0.39 is 11.4 Å². The van der Waals surface area contributed by atoms with E-state index >= 15 is 0 Å². The second-order valence-electron chi connectivity index (χ2n) is 4.06. The smallest absolute Gasteiger partial charge is 0.311 e. The van der Waals surface area contributed by atoms with E-state index in [0.29, 0.717) is 19.4 Å². The van der Waals surface area contributed by atoms with Gasteiger partial charge in [-0.05, 0) is 26.7 Å². The van der Waals surface area contributed by atoms with Gasteiger partial charge in [0.25, 0.3) is 0 Å². The molecule has 0 amide bonds. The van der Waals surface area contributed by atoms with Gasteiger partial charge in [0, 0.05) is 13.0 Å². The maximum absolute atomic E-state index is 11.5. The molecule has 0 aromatic rings. The summed E-state index contributed by atoms with van der Waals surface area (Å²) in [7, 11) is 0. The minimum Gasteiger partial charge on any atom is -0.481 e. The number of rotatable bonds is 7. The molecule has 0 aromatic heterocycles. The van der Waals surface area contributed by atoms with Crippen molar-refractivity contribution in [2.75, 3.05) is 13.2 Å². The van der Waals surface area contributed by atoms with Gasteiger partial charge in [-0.1, -0.05) is 0 Å². The molecule has 3 N–H and O–H groups in total. The third-order valence-corrected chi connectivity index (χ3v) is 2.10. The molecule has 88 valence electrons. The Morgan fingerprint density at radius 3 is 2.47 bits per heavy atom. The maximum atomic E-state index is 11.5. The van der Waals surface area contributed by atoms with Crippen molar-refractivity contribution in [3.63, 3.8) is 0 Å². The van der Waals surface area contributed by atoms with Crippen molar-refractivity contribution in [2.24, 2.45) is 11.1 Å². The van der Waals surface area contributed by atoms with Gasteiger partial charge in [0.05, 0.1) is 5.41 Å². The van der Waals surface area contributed by atoms with Gasteiger partial charge in [-0.25, -0.2) is 0 Å². The quantitative estimate of drug-likeness (QED) is 0.615. The number of carbonyl (C=O) groups excluding carboxylic acids is 1. The van der Waals surface area contributed by atoms with Crippen LogP contribution in [0.4, 0.5) is 0 Å². The van der Waals surface area contributed by atoms with Gasteiger partial charge >= 0.3 is 11.9 Å². The summed E-state index contributed by atoms with van der Waals surface area (Å²) in [6.07, 6.45) is 1.05. The van der Waals surface area contributed by atoms with Gasteiger partial charge in [0.2, 0.25) is 0 Å². The first-order chi connectivity index (χ1) is 6.90. The zero-order valence-electron chi connectivity index (χ0n) is 9.28. The van der Waals surface area contributed by atoms with E-state index in [1.54, 1.807) is 13.8 Å². The maximum Gasteiger partial charge on any atom is 0.311 e. The first-order valence-electron chi connectivity index (χ1n) is 4.99. The van der Waals surface area contributed by atoms with Crippen LogP contribution in [0.2, 0.25) is 0 Å². The Balaban J connectivity index is 3.93. The highest BCUT2D eigenvalue weighted by atomic mass is 16.5. The fourth-order valence-electron chi connectivity index (χ4n) is 1.13. The van der Waals surface area contributed by atoms with E-state index in [1.165, 1.54) is 0 Å². The van der Waals surface area contributed by atoms with E-state index in [9.17, 15) is 9.59 Å². The molecular weight excluding hydrogens is 198 g/mol. The topological polar surface area (TPSA) is 89.6 Å². The van der Waals surface area contributed by atoms with Crippen molar-refractivity contribution in [1.29, 1.82) is 0 Å². The average molecular weight is 217 g/mol. The first kappa shape index (κ1) is 13.9. The molecule has 0 aliphatic carbocycles. The summed E-state index contributed by atoms with van der Waals surface area (Å²) in [6.45, 7) is 4.00. The number of carbonyl (C=O) groups is 2. The van der Waals surface area contributed by atoms with E-state index in [1.807, 2.05) is 0 Å². The monoisotopic (exact) mass is 217 g/mol. The van der Waals surface area contributed by atoms with Crippen molar-refractivity contribution in [2.45, 2.75) is 33.1 Å². The largest absolute Gasteiger partial charge is 0.481 e. The minimum atomic E-state index is -0.846. The van der Waals surface area contributed by atoms with Crippen LogP contribution in [0.5, 0.6) is 0 Å². The molecule has 0 unspecified atom stereocenters. The molecule has 0 spiro atoms. The Kier molecular flexibility index (Phi) is 5.93. The molecule has 5 heteroatoms. The Morgan fingerprint density at radius 2 is 2.00 bits per heavy atom. The number of carboxylic acids is 1.